The summed E-state index contributed by atoms with van der Waals surface area (Å²) < 4.78 is 0.247. The van der Waals surface area contributed by atoms with Crippen LogP contribution in [0.3, 0.4) is 0 Å². The molecule has 0 radical (unpaired) electrons. The summed E-state index contributed by atoms with van der Waals surface area (Å²) in [5.41, 5.74) is 1.95. The van der Waals surface area contributed by atoms with Gasteiger partial charge in [0.15, 0.2) is 10.5 Å². The maximum absolute atomic E-state index is 12.4. The number of hydrogen-bond acceptors (Lipinski definition) is 3. The molecule has 0 spiro atoms. The van der Waals surface area contributed by atoms with Gasteiger partial charge in [-0.3, -0.25) is 4.79 Å². The molecule has 0 saturated carbocycles. The third-order valence-electron chi connectivity index (χ3n) is 3.41. The summed E-state index contributed by atoms with van der Waals surface area (Å²) in [6.07, 6.45) is -0.772. The number of alkyl halides is 2. The van der Waals surface area contributed by atoms with E-state index in [9.17, 15) is 4.79 Å². The predicted molar refractivity (Wildman–Crippen MR) is 90.6 cm³/mol. The zero-order chi connectivity index (χ0) is 16.4. The Bertz CT molecular complexity index is 827. The van der Waals surface area contributed by atoms with Crippen LogP contribution >= 0.6 is 23.2 Å². The number of hydrogen-bond donors (Lipinski definition) is 1. The molecule has 1 amide bonds. The number of aromatic nitrogens is 3. The quantitative estimate of drug-likeness (QED) is 0.733. The number of carbonyl (C=O) groups excluding carboxylic acids is 1. The zero-order valence-corrected chi connectivity index (χ0v) is 13.8. The number of para-hydroxylation sites is 1. The van der Waals surface area contributed by atoms with E-state index in [0.717, 1.165) is 5.52 Å². The Hall–Kier alpha value is -2.11. The smallest absolute Gasteiger partial charge is 0.253 e. The molecule has 1 N–H and O–H groups in total. The van der Waals surface area contributed by atoms with Crippen molar-refractivity contribution in [2.24, 2.45) is 0 Å². The molecule has 118 valence electrons. The Balaban J connectivity index is 1.98. The molecule has 1 aromatic heterocycles. The Kier molecular flexibility index (Phi) is 4.24. The van der Waals surface area contributed by atoms with Crippen molar-refractivity contribution in [3.8, 4) is 0 Å². The highest BCUT2D eigenvalue weighted by Gasteiger charge is 2.35. The van der Waals surface area contributed by atoms with Gasteiger partial charge in [0, 0.05) is 5.56 Å². The van der Waals surface area contributed by atoms with Crippen molar-refractivity contribution >= 4 is 40.1 Å². The van der Waals surface area contributed by atoms with Crippen LogP contribution in [0.2, 0.25) is 0 Å². The minimum Gasteiger partial charge on any atom is -0.328 e. The molecule has 5 nitrogen and oxygen atoms in total. The van der Waals surface area contributed by atoms with Gasteiger partial charge in [0.25, 0.3) is 5.91 Å². The first kappa shape index (κ1) is 15.8. The number of amides is 1. The minimum absolute atomic E-state index is 0.289. The lowest BCUT2D eigenvalue weighted by molar-refractivity contribution is 0.0911. The summed E-state index contributed by atoms with van der Waals surface area (Å²) in [5.74, 6) is -0.289. The fraction of sp³-hybridized carbons (Fsp3) is 0.188. The monoisotopic (exact) mass is 348 g/mol. The first-order valence-corrected chi connectivity index (χ1v) is 7.76. The molecule has 1 heterocycles. The molecule has 0 aliphatic heterocycles. The highest BCUT2D eigenvalue weighted by molar-refractivity contribution is 6.48. The number of nitrogens with zero attached hydrogens (tertiary/aromatic N) is 3. The molecule has 7 heteroatoms. The number of carbonyl (C=O) groups is 1. The van der Waals surface area contributed by atoms with Crippen molar-refractivity contribution in [2.45, 2.75) is 17.4 Å². The van der Waals surface area contributed by atoms with Crippen LogP contribution in [0.4, 0.5) is 0 Å². The van der Waals surface area contributed by atoms with E-state index in [1.807, 2.05) is 30.3 Å². The lowest BCUT2D eigenvalue weighted by Crippen LogP contribution is -2.42. The summed E-state index contributed by atoms with van der Waals surface area (Å²) in [7, 11) is 0. The summed E-state index contributed by atoms with van der Waals surface area (Å²) in [6.45, 7) is 1.60. The van der Waals surface area contributed by atoms with Crippen molar-refractivity contribution in [3.05, 3.63) is 60.2 Å². The first-order valence-electron chi connectivity index (χ1n) is 7.00. The highest BCUT2D eigenvalue weighted by atomic mass is 35.5. The van der Waals surface area contributed by atoms with Crippen LogP contribution in [0.25, 0.3) is 11.0 Å². The number of halogens is 2. The molecule has 2 aromatic carbocycles. The molecule has 0 fully saturated rings. The van der Waals surface area contributed by atoms with Gasteiger partial charge in [-0.1, -0.05) is 58.7 Å². The van der Waals surface area contributed by atoms with Crippen molar-refractivity contribution in [1.29, 1.82) is 0 Å². The van der Waals surface area contributed by atoms with Crippen molar-refractivity contribution in [2.75, 3.05) is 0 Å². The van der Waals surface area contributed by atoms with E-state index >= 15 is 0 Å². The van der Waals surface area contributed by atoms with Crippen LogP contribution < -0.4 is 5.32 Å². The normalized spacial score (nSPS) is 13.0. The first-order chi connectivity index (χ1) is 11.0. The topological polar surface area (TPSA) is 59.8 Å². The largest absolute Gasteiger partial charge is 0.328 e. The minimum atomic E-state index is -1.28. The molecule has 0 aliphatic rings. The molecule has 3 rings (SSSR count). The predicted octanol–water partition coefficient (Wildman–Crippen LogP) is 3.55. The van der Waals surface area contributed by atoms with Crippen molar-refractivity contribution in [3.63, 3.8) is 0 Å². The van der Waals surface area contributed by atoms with Gasteiger partial charge in [-0.15, -0.1) is 5.10 Å². The summed E-state index contributed by atoms with van der Waals surface area (Å²) in [5, 5.41) is 11.0. The van der Waals surface area contributed by atoms with Crippen LogP contribution in [-0.2, 0) is 0 Å². The fourth-order valence-corrected chi connectivity index (χ4v) is 2.57. The molecule has 1 unspecified atom stereocenters. The van der Waals surface area contributed by atoms with E-state index < -0.39 is 10.5 Å². The van der Waals surface area contributed by atoms with Gasteiger partial charge < -0.3 is 5.32 Å². The maximum Gasteiger partial charge on any atom is 0.253 e. The average Bonchev–Trinajstić information content (AvgIpc) is 2.96. The molecule has 3 aromatic rings. The van der Waals surface area contributed by atoms with E-state index in [4.69, 9.17) is 23.2 Å². The van der Waals surface area contributed by atoms with Gasteiger partial charge in [0.05, 0.1) is 5.52 Å². The van der Waals surface area contributed by atoms with Gasteiger partial charge in [0.1, 0.15) is 5.52 Å². The summed E-state index contributed by atoms with van der Waals surface area (Å²) in [4.78, 5) is 12.4. The van der Waals surface area contributed by atoms with E-state index in [-0.39, 0.29) is 5.91 Å². The van der Waals surface area contributed by atoms with E-state index in [0.29, 0.717) is 11.1 Å². The third kappa shape index (κ3) is 3.30. The van der Waals surface area contributed by atoms with Crippen LogP contribution in [0.5, 0.6) is 0 Å². The average molecular weight is 349 g/mol. The van der Waals surface area contributed by atoms with Gasteiger partial charge in [-0.2, -0.15) is 0 Å². The van der Waals surface area contributed by atoms with Crippen LogP contribution in [0.1, 0.15) is 23.4 Å². The lowest BCUT2D eigenvalue weighted by Gasteiger charge is -2.27. The second-order valence-electron chi connectivity index (χ2n) is 5.22. The Morgan fingerprint density at radius 3 is 2.48 bits per heavy atom. The van der Waals surface area contributed by atoms with Crippen molar-refractivity contribution in [1.82, 2.24) is 20.3 Å². The molecule has 0 bridgehead atoms. The molecular weight excluding hydrogens is 335 g/mol. The molecular formula is C16H14Cl2N4O. The van der Waals surface area contributed by atoms with Crippen LogP contribution in [0.15, 0.2) is 54.6 Å². The fourth-order valence-electron chi connectivity index (χ4n) is 2.28. The lowest BCUT2D eigenvalue weighted by atomic mass is 10.2. The Morgan fingerprint density at radius 1 is 1.13 bits per heavy atom. The number of fused-ring (bicyclic) bond motifs is 1. The van der Waals surface area contributed by atoms with Gasteiger partial charge in [-0.05, 0) is 31.2 Å². The second-order valence-corrected chi connectivity index (χ2v) is 6.98. The third-order valence-corrected chi connectivity index (χ3v) is 3.82. The summed E-state index contributed by atoms with van der Waals surface area (Å²) in [6, 6.07) is 16.2. The number of rotatable bonds is 4. The Labute approximate surface area is 143 Å². The second kappa shape index (κ2) is 6.18. The molecule has 0 saturated heterocycles. The van der Waals surface area contributed by atoms with E-state index in [1.165, 1.54) is 4.68 Å². The number of benzene rings is 2. The standard InChI is InChI=1S/C16H14Cl2N4O/c1-16(17,18)15(19-14(23)11-7-3-2-4-8-11)22-13-10-6-5-9-12(13)20-21-22/h2-10,15H,1H3,(H,19,23). The van der Waals surface area contributed by atoms with E-state index in [1.54, 1.807) is 31.2 Å². The molecule has 23 heavy (non-hydrogen) atoms. The molecule has 0 aliphatic carbocycles. The van der Waals surface area contributed by atoms with Gasteiger partial charge >= 0.3 is 0 Å². The Morgan fingerprint density at radius 2 is 1.78 bits per heavy atom. The number of nitrogens with one attached hydrogen (secondary N) is 1. The van der Waals surface area contributed by atoms with Crippen LogP contribution in [-0.4, -0.2) is 25.2 Å². The van der Waals surface area contributed by atoms with E-state index in [2.05, 4.69) is 15.6 Å². The highest BCUT2D eigenvalue weighted by Crippen LogP contribution is 2.33. The van der Waals surface area contributed by atoms with Crippen LogP contribution in [0, 0.1) is 0 Å². The molecule has 1 atom stereocenters. The maximum atomic E-state index is 12.4. The van der Waals surface area contributed by atoms with Gasteiger partial charge in [-0.25, -0.2) is 4.68 Å². The zero-order valence-electron chi connectivity index (χ0n) is 12.3. The van der Waals surface area contributed by atoms with Crippen molar-refractivity contribution < 1.29 is 4.79 Å². The summed E-state index contributed by atoms with van der Waals surface area (Å²) >= 11 is 12.6. The SMILES string of the molecule is CC(Cl)(Cl)C(NC(=O)c1ccccc1)n1nnc2ccccc21. The van der Waals surface area contributed by atoms with Gasteiger partial charge in [0.2, 0.25) is 0 Å².